The number of thioether (sulfide) groups is 1. The maximum absolute atomic E-state index is 6.03. The smallest absolute Gasteiger partial charge is 0.0562 e. The Morgan fingerprint density at radius 3 is 2.93 bits per heavy atom. The Balaban J connectivity index is 2.42. The van der Waals surface area contributed by atoms with Crippen molar-refractivity contribution in [1.82, 2.24) is 5.32 Å². The van der Waals surface area contributed by atoms with Crippen molar-refractivity contribution in [3.8, 4) is 0 Å². The van der Waals surface area contributed by atoms with Crippen molar-refractivity contribution in [3.05, 3.63) is 23.2 Å². The predicted octanol–water partition coefficient (Wildman–Crippen LogP) is 2.62. The lowest BCUT2D eigenvalue weighted by Crippen LogP contribution is -2.07. The molecule has 0 aromatic heterocycles. The first-order valence-electron chi connectivity index (χ1n) is 4.56. The van der Waals surface area contributed by atoms with Gasteiger partial charge in [-0.1, -0.05) is 11.6 Å². The molecule has 0 aliphatic heterocycles. The van der Waals surface area contributed by atoms with Crippen LogP contribution < -0.4 is 11.1 Å². The summed E-state index contributed by atoms with van der Waals surface area (Å²) in [7, 11) is 1.96. The van der Waals surface area contributed by atoms with Crippen LogP contribution in [0.2, 0.25) is 5.02 Å². The highest BCUT2D eigenvalue weighted by atomic mass is 35.5. The van der Waals surface area contributed by atoms with Gasteiger partial charge in [-0.25, -0.2) is 0 Å². The minimum Gasteiger partial charge on any atom is -0.399 e. The number of anilines is 1. The first-order chi connectivity index (χ1) is 6.74. The minimum absolute atomic E-state index is 0.717. The lowest BCUT2D eigenvalue weighted by Gasteiger charge is -2.04. The predicted molar refractivity (Wildman–Crippen MR) is 65.1 cm³/mol. The van der Waals surface area contributed by atoms with E-state index in [1.807, 2.05) is 19.2 Å². The Morgan fingerprint density at radius 2 is 2.29 bits per heavy atom. The average Bonchev–Trinajstić information content (AvgIpc) is 2.15. The van der Waals surface area contributed by atoms with Crippen LogP contribution in [0.25, 0.3) is 0 Å². The van der Waals surface area contributed by atoms with Crippen molar-refractivity contribution >= 4 is 29.1 Å². The van der Waals surface area contributed by atoms with Crippen LogP contribution in [0.15, 0.2) is 23.1 Å². The summed E-state index contributed by atoms with van der Waals surface area (Å²) in [6.07, 6.45) is 1.14. The van der Waals surface area contributed by atoms with E-state index in [2.05, 4.69) is 5.32 Å². The maximum Gasteiger partial charge on any atom is 0.0562 e. The van der Waals surface area contributed by atoms with E-state index in [4.69, 9.17) is 17.3 Å². The van der Waals surface area contributed by atoms with E-state index < -0.39 is 0 Å². The molecule has 0 fully saturated rings. The number of nitrogen functional groups attached to an aromatic ring is 1. The van der Waals surface area contributed by atoms with Crippen LogP contribution in [0.4, 0.5) is 5.69 Å². The third kappa shape index (κ3) is 3.78. The molecule has 0 heterocycles. The highest BCUT2D eigenvalue weighted by Gasteiger charge is 2.00. The molecule has 1 aromatic rings. The van der Waals surface area contributed by atoms with Crippen molar-refractivity contribution in [1.29, 1.82) is 0 Å². The van der Waals surface area contributed by atoms with E-state index in [1.165, 1.54) is 0 Å². The SMILES string of the molecule is CNCCCSc1ccc(N)cc1Cl. The van der Waals surface area contributed by atoms with Crippen molar-refractivity contribution in [3.63, 3.8) is 0 Å². The summed E-state index contributed by atoms with van der Waals surface area (Å²) in [5.74, 6) is 1.07. The molecule has 14 heavy (non-hydrogen) atoms. The summed E-state index contributed by atoms with van der Waals surface area (Å²) in [5, 5.41) is 3.86. The zero-order valence-electron chi connectivity index (χ0n) is 8.22. The van der Waals surface area contributed by atoms with Gasteiger partial charge in [-0.15, -0.1) is 11.8 Å². The van der Waals surface area contributed by atoms with Crippen LogP contribution in [0.5, 0.6) is 0 Å². The molecule has 78 valence electrons. The maximum atomic E-state index is 6.03. The van der Waals surface area contributed by atoms with E-state index in [0.29, 0.717) is 0 Å². The van der Waals surface area contributed by atoms with E-state index in [-0.39, 0.29) is 0 Å². The number of benzene rings is 1. The van der Waals surface area contributed by atoms with Crippen LogP contribution in [0.3, 0.4) is 0 Å². The first-order valence-corrected chi connectivity index (χ1v) is 5.93. The van der Waals surface area contributed by atoms with Crippen LogP contribution in [0, 0.1) is 0 Å². The Hall–Kier alpha value is -0.380. The molecule has 0 bridgehead atoms. The van der Waals surface area contributed by atoms with Crippen LogP contribution >= 0.6 is 23.4 Å². The molecule has 0 atom stereocenters. The number of halogens is 1. The molecule has 0 aliphatic rings. The lowest BCUT2D eigenvalue weighted by atomic mass is 10.3. The van der Waals surface area contributed by atoms with Gasteiger partial charge in [0.15, 0.2) is 0 Å². The molecule has 0 saturated carbocycles. The molecule has 1 rings (SSSR count). The molecular formula is C10H15ClN2S. The summed E-state index contributed by atoms with van der Waals surface area (Å²) in [6.45, 7) is 1.04. The summed E-state index contributed by atoms with van der Waals surface area (Å²) in [5.41, 5.74) is 6.32. The van der Waals surface area contributed by atoms with Gasteiger partial charge in [0.25, 0.3) is 0 Å². The third-order valence-corrected chi connectivity index (χ3v) is 3.37. The topological polar surface area (TPSA) is 38.0 Å². The van der Waals surface area contributed by atoms with E-state index in [0.717, 1.165) is 34.3 Å². The largest absolute Gasteiger partial charge is 0.399 e. The number of hydrogen-bond acceptors (Lipinski definition) is 3. The molecule has 1 aromatic carbocycles. The molecule has 0 aliphatic carbocycles. The van der Waals surface area contributed by atoms with Gasteiger partial charge in [0.1, 0.15) is 0 Å². The van der Waals surface area contributed by atoms with Crippen LogP contribution in [-0.2, 0) is 0 Å². The molecule has 0 unspecified atom stereocenters. The Morgan fingerprint density at radius 1 is 1.50 bits per heavy atom. The van der Waals surface area contributed by atoms with Gasteiger partial charge in [-0.2, -0.15) is 0 Å². The van der Waals surface area contributed by atoms with Crippen LogP contribution in [0.1, 0.15) is 6.42 Å². The quantitative estimate of drug-likeness (QED) is 0.464. The van der Waals surface area contributed by atoms with Gasteiger partial charge >= 0.3 is 0 Å². The first kappa shape index (κ1) is 11.7. The van der Waals surface area contributed by atoms with Gasteiger partial charge in [0.05, 0.1) is 5.02 Å². The highest BCUT2D eigenvalue weighted by molar-refractivity contribution is 7.99. The van der Waals surface area contributed by atoms with Crippen molar-refractivity contribution in [2.24, 2.45) is 0 Å². The number of nitrogens with two attached hydrogens (primary N) is 1. The van der Waals surface area contributed by atoms with Crippen molar-refractivity contribution < 1.29 is 0 Å². The normalized spacial score (nSPS) is 10.4. The fourth-order valence-electron chi connectivity index (χ4n) is 1.07. The second kappa shape index (κ2) is 6.17. The van der Waals surface area contributed by atoms with E-state index >= 15 is 0 Å². The van der Waals surface area contributed by atoms with Crippen molar-refractivity contribution in [2.45, 2.75) is 11.3 Å². The molecule has 0 spiro atoms. The molecule has 0 radical (unpaired) electrons. The Bertz CT molecular complexity index is 291. The Labute approximate surface area is 94.2 Å². The molecule has 0 saturated heterocycles. The van der Waals surface area contributed by atoms with Gasteiger partial charge < -0.3 is 11.1 Å². The second-order valence-corrected chi connectivity index (χ2v) is 4.54. The fourth-order valence-corrected chi connectivity index (χ4v) is 2.29. The van der Waals surface area contributed by atoms with Crippen LogP contribution in [-0.4, -0.2) is 19.3 Å². The summed E-state index contributed by atoms with van der Waals surface area (Å²) >= 11 is 7.79. The monoisotopic (exact) mass is 230 g/mol. The van der Waals surface area contributed by atoms with E-state index in [9.17, 15) is 0 Å². The standard InChI is InChI=1S/C10H15ClN2S/c1-13-5-2-6-14-10-4-3-8(12)7-9(10)11/h3-4,7,13H,2,5-6,12H2,1H3. The van der Waals surface area contributed by atoms with Crippen molar-refractivity contribution in [2.75, 3.05) is 25.1 Å². The second-order valence-electron chi connectivity index (χ2n) is 3.00. The molecule has 2 nitrogen and oxygen atoms in total. The number of rotatable bonds is 5. The molecule has 3 N–H and O–H groups in total. The zero-order valence-corrected chi connectivity index (χ0v) is 9.79. The van der Waals surface area contributed by atoms with Gasteiger partial charge in [-0.05, 0) is 44.0 Å². The van der Waals surface area contributed by atoms with Gasteiger partial charge in [0, 0.05) is 10.6 Å². The van der Waals surface area contributed by atoms with Gasteiger partial charge in [-0.3, -0.25) is 0 Å². The highest BCUT2D eigenvalue weighted by Crippen LogP contribution is 2.28. The molecular weight excluding hydrogens is 216 g/mol. The average molecular weight is 231 g/mol. The lowest BCUT2D eigenvalue weighted by molar-refractivity contribution is 0.778. The minimum atomic E-state index is 0.717. The number of nitrogens with one attached hydrogen (secondary N) is 1. The zero-order chi connectivity index (χ0) is 10.4. The van der Waals surface area contributed by atoms with Gasteiger partial charge in [0.2, 0.25) is 0 Å². The summed E-state index contributed by atoms with van der Waals surface area (Å²) in [6, 6.07) is 5.65. The Kier molecular flexibility index (Phi) is 5.15. The summed E-state index contributed by atoms with van der Waals surface area (Å²) in [4.78, 5) is 1.11. The van der Waals surface area contributed by atoms with E-state index in [1.54, 1.807) is 17.8 Å². The fraction of sp³-hybridized carbons (Fsp3) is 0.400. The number of hydrogen-bond donors (Lipinski definition) is 2. The molecule has 0 amide bonds. The third-order valence-electron chi connectivity index (χ3n) is 1.78. The molecule has 4 heteroatoms. The summed E-state index contributed by atoms with van der Waals surface area (Å²) < 4.78 is 0.